The molecule has 2 heterocycles. The summed E-state index contributed by atoms with van der Waals surface area (Å²) in [5.74, 6) is 2.80. The molecule has 2 aromatic carbocycles. The Bertz CT molecular complexity index is 862. The number of nitrogens with zero attached hydrogens (tertiary/aromatic N) is 1. The number of rotatable bonds is 6. The van der Waals surface area contributed by atoms with Crippen molar-refractivity contribution < 1.29 is 19.3 Å². The molecule has 2 aliphatic rings. The first-order chi connectivity index (χ1) is 14.0. The second-order valence-electron chi connectivity index (χ2n) is 8.55. The highest BCUT2D eigenvalue weighted by Crippen LogP contribution is 2.50. The number of ether oxygens (including phenoxy) is 3. The third-order valence-electron chi connectivity index (χ3n) is 6.00. The highest BCUT2D eigenvalue weighted by Gasteiger charge is 2.35. The SMILES string of the molecule is COc1c2c(cc3c1[C@H](C[C@H](O)c1ccc(CC(C)C)cc1)N(C)CC3)OCO2. The van der Waals surface area contributed by atoms with E-state index >= 15 is 0 Å². The number of fused-ring (bicyclic) bond motifs is 2. The number of hydrogen-bond donors (Lipinski definition) is 1. The topological polar surface area (TPSA) is 51.2 Å². The molecule has 0 aliphatic carbocycles. The van der Waals surface area contributed by atoms with Crippen molar-refractivity contribution in [2.75, 3.05) is 27.5 Å². The minimum atomic E-state index is -0.545. The van der Waals surface area contributed by atoms with Gasteiger partial charge in [-0.3, -0.25) is 4.90 Å². The maximum Gasteiger partial charge on any atom is 0.231 e. The number of likely N-dealkylation sites (N-methyl/N-ethyl adjacent to an activating group) is 1. The van der Waals surface area contributed by atoms with E-state index in [9.17, 15) is 5.11 Å². The van der Waals surface area contributed by atoms with Crippen LogP contribution in [0.2, 0.25) is 0 Å². The van der Waals surface area contributed by atoms with Crippen molar-refractivity contribution >= 4 is 0 Å². The first-order valence-electron chi connectivity index (χ1n) is 10.4. The fraction of sp³-hybridized carbons (Fsp3) is 0.500. The van der Waals surface area contributed by atoms with Crippen LogP contribution in [0.3, 0.4) is 0 Å². The van der Waals surface area contributed by atoms with Gasteiger partial charge in [-0.05, 0) is 55.0 Å². The molecule has 5 nitrogen and oxygen atoms in total. The average Bonchev–Trinajstić information content (AvgIpc) is 3.16. The van der Waals surface area contributed by atoms with Crippen LogP contribution < -0.4 is 14.2 Å². The highest BCUT2D eigenvalue weighted by atomic mass is 16.7. The molecule has 156 valence electrons. The Labute approximate surface area is 173 Å². The van der Waals surface area contributed by atoms with Crippen LogP contribution in [0.1, 0.15) is 54.7 Å². The second kappa shape index (κ2) is 8.25. The Morgan fingerprint density at radius 3 is 2.66 bits per heavy atom. The largest absolute Gasteiger partial charge is 0.492 e. The van der Waals surface area contributed by atoms with Crippen LogP contribution in [-0.4, -0.2) is 37.5 Å². The molecule has 0 fully saturated rings. The minimum absolute atomic E-state index is 0.0496. The van der Waals surface area contributed by atoms with Gasteiger partial charge in [0, 0.05) is 18.2 Å². The van der Waals surface area contributed by atoms with E-state index in [-0.39, 0.29) is 12.8 Å². The molecule has 2 aromatic rings. The highest BCUT2D eigenvalue weighted by molar-refractivity contribution is 5.61. The molecule has 4 rings (SSSR count). The third-order valence-corrected chi connectivity index (χ3v) is 6.00. The smallest absolute Gasteiger partial charge is 0.231 e. The van der Waals surface area contributed by atoms with E-state index in [4.69, 9.17) is 14.2 Å². The zero-order valence-corrected chi connectivity index (χ0v) is 17.8. The zero-order chi connectivity index (χ0) is 20.5. The van der Waals surface area contributed by atoms with Gasteiger partial charge in [0.15, 0.2) is 11.5 Å². The van der Waals surface area contributed by atoms with Gasteiger partial charge >= 0.3 is 0 Å². The molecule has 0 spiro atoms. The lowest BCUT2D eigenvalue weighted by Crippen LogP contribution is -2.33. The summed E-state index contributed by atoms with van der Waals surface area (Å²) in [6, 6.07) is 10.5. The van der Waals surface area contributed by atoms with Gasteiger partial charge in [0.2, 0.25) is 12.5 Å². The van der Waals surface area contributed by atoms with Crippen molar-refractivity contribution in [1.82, 2.24) is 4.90 Å². The summed E-state index contributed by atoms with van der Waals surface area (Å²) in [6.45, 7) is 5.59. The number of aliphatic hydroxyl groups is 1. The maximum atomic E-state index is 11.0. The van der Waals surface area contributed by atoms with E-state index in [1.54, 1.807) is 7.11 Å². The van der Waals surface area contributed by atoms with Gasteiger partial charge in [0.05, 0.1) is 13.2 Å². The molecule has 2 aliphatic heterocycles. The van der Waals surface area contributed by atoms with Crippen LogP contribution in [0.25, 0.3) is 0 Å². The minimum Gasteiger partial charge on any atom is -0.492 e. The first kappa shape index (κ1) is 20.0. The lowest BCUT2D eigenvalue weighted by Gasteiger charge is -2.37. The number of aliphatic hydroxyl groups excluding tert-OH is 1. The van der Waals surface area contributed by atoms with Gasteiger partial charge in [-0.2, -0.15) is 0 Å². The number of benzene rings is 2. The van der Waals surface area contributed by atoms with Crippen molar-refractivity contribution in [3.05, 3.63) is 52.6 Å². The maximum absolute atomic E-state index is 11.0. The van der Waals surface area contributed by atoms with Gasteiger partial charge in [0.25, 0.3) is 0 Å². The molecule has 0 aromatic heterocycles. The summed E-state index contributed by atoms with van der Waals surface area (Å²) in [5.41, 5.74) is 4.60. The zero-order valence-electron chi connectivity index (χ0n) is 17.8. The van der Waals surface area contributed by atoms with E-state index in [1.165, 1.54) is 11.1 Å². The van der Waals surface area contributed by atoms with Gasteiger partial charge in [-0.1, -0.05) is 38.1 Å². The van der Waals surface area contributed by atoms with E-state index in [0.29, 0.717) is 18.1 Å². The number of hydrogen-bond acceptors (Lipinski definition) is 5. The molecule has 0 amide bonds. The van der Waals surface area contributed by atoms with Crippen molar-refractivity contribution in [3.8, 4) is 17.2 Å². The Kier molecular flexibility index (Phi) is 5.70. The van der Waals surface area contributed by atoms with Crippen molar-refractivity contribution in [1.29, 1.82) is 0 Å². The van der Waals surface area contributed by atoms with E-state index in [1.807, 2.05) is 0 Å². The normalized spacial score (nSPS) is 19.3. The fourth-order valence-electron chi connectivity index (χ4n) is 4.52. The summed E-state index contributed by atoms with van der Waals surface area (Å²) in [6.07, 6.45) is 2.04. The van der Waals surface area contributed by atoms with Crippen LogP contribution in [0, 0.1) is 5.92 Å². The molecule has 1 N–H and O–H groups in total. The molecule has 2 atom stereocenters. The standard InChI is InChI=1S/C24H31NO4/c1-15(2)11-16-5-7-17(8-6-16)20(26)13-19-22-18(9-10-25(19)3)12-21-23(24(22)27-4)29-14-28-21/h5-8,12,15,19-20,26H,9-11,13-14H2,1-4H3/t19-,20-/m0/s1. The summed E-state index contributed by atoms with van der Waals surface area (Å²) in [7, 11) is 3.78. The summed E-state index contributed by atoms with van der Waals surface area (Å²) < 4.78 is 17.0. The molecule has 0 radical (unpaired) electrons. The molecule has 5 heteroatoms. The van der Waals surface area contributed by atoms with E-state index < -0.39 is 6.10 Å². The van der Waals surface area contributed by atoms with Crippen molar-refractivity contribution in [2.24, 2.45) is 5.92 Å². The Morgan fingerprint density at radius 2 is 1.97 bits per heavy atom. The van der Waals surface area contributed by atoms with Crippen LogP contribution in [0.4, 0.5) is 0 Å². The number of methoxy groups -OCH3 is 1. The molecule has 0 saturated heterocycles. The van der Waals surface area contributed by atoms with Gasteiger partial charge in [0.1, 0.15) is 0 Å². The van der Waals surface area contributed by atoms with Gasteiger partial charge < -0.3 is 19.3 Å². The van der Waals surface area contributed by atoms with Crippen LogP contribution in [0.5, 0.6) is 17.2 Å². The fourth-order valence-corrected chi connectivity index (χ4v) is 4.52. The summed E-state index contributed by atoms with van der Waals surface area (Å²) >= 11 is 0. The summed E-state index contributed by atoms with van der Waals surface area (Å²) in [5, 5.41) is 11.0. The third kappa shape index (κ3) is 3.94. The summed E-state index contributed by atoms with van der Waals surface area (Å²) in [4.78, 5) is 2.30. The first-order valence-corrected chi connectivity index (χ1v) is 10.4. The molecular weight excluding hydrogens is 366 g/mol. The van der Waals surface area contributed by atoms with Crippen LogP contribution in [-0.2, 0) is 12.8 Å². The molecular formula is C24H31NO4. The molecule has 0 unspecified atom stereocenters. The van der Waals surface area contributed by atoms with Gasteiger partial charge in [-0.15, -0.1) is 0 Å². The van der Waals surface area contributed by atoms with Crippen molar-refractivity contribution in [2.45, 2.75) is 45.3 Å². The monoisotopic (exact) mass is 397 g/mol. The predicted octanol–water partition coefficient (Wildman–Crippen LogP) is 4.28. The Hall–Kier alpha value is -2.24. The predicted molar refractivity (Wildman–Crippen MR) is 113 cm³/mol. The van der Waals surface area contributed by atoms with E-state index in [2.05, 4.69) is 56.1 Å². The second-order valence-corrected chi connectivity index (χ2v) is 8.55. The Morgan fingerprint density at radius 1 is 1.21 bits per heavy atom. The average molecular weight is 398 g/mol. The molecule has 0 bridgehead atoms. The van der Waals surface area contributed by atoms with Crippen molar-refractivity contribution in [3.63, 3.8) is 0 Å². The Balaban J connectivity index is 1.61. The lowest BCUT2D eigenvalue weighted by molar-refractivity contribution is 0.107. The van der Waals surface area contributed by atoms with Crippen LogP contribution in [0.15, 0.2) is 30.3 Å². The van der Waals surface area contributed by atoms with E-state index in [0.717, 1.165) is 42.0 Å². The molecule has 29 heavy (non-hydrogen) atoms. The van der Waals surface area contributed by atoms with Gasteiger partial charge in [-0.25, -0.2) is 0 Å². The van der Waals surface area contributed by atoms with Crippen LogP contribution >= 0.6 is 0 Å². The molecule has 0 saturated carbocycles. The lowest BCUT2D eigenvalue weighted by atomic mass is 9.87. The quantitative estimate of drug-likeness (QED) is 0.789.